The average Bonchev–Trinajstić information content (AvgIpc) is 2.98. The fourth-order valence-electron chi connectivity index (χ4n) is 3.31. The second kappa shape index (κ2) is 7.36. The minimum absolute atomic E-state index is 0.0393. The van der Waals surface area contributed by atoms with Gasteiger partial charge in [-0.05, 0) is 55.7 Å². The molecular formula is C19H26FN3O. The summed E-state index contributed by atoms with van der Waals surface area (Å²) in [5.74, 6) is -0.210. The fraction of sp³-hybridized carbons (Fsp3) is 0.474. The molecule has 0 radical (unpaired) electrons. The first-order chi connectivity index (χ1) is 11.5. The van der Waals surface area contributed by atoms with Crippen molar-refractivity contribution in [1.29, 1.82) is 0 Å². The van der Waals surface area contributed by atoms with Crippen LogP contribution < -0.4 is 10.2 Å². The summed E-state index contributed by atoms with van der Waals surface area (Å²) in [5.41, 5.74) is 3.23. The zero-order valence-electron chi connectivity index (χ0n) is 14.4. The third-order valence-electron chi connectivity index (χ3n) is 4.90. The van der Waals surface area contributed by atoms with Gasteiger partial charge in [-0.15, -0.1) is 0 Å². The number of nitrogens with zero attached hydrogens (tertiary/aromatic N) is 2. The Bertz CT molecular complexity index is 677. The van der Waals surface area contributed by atoms with Crippen molar-refractivity contribution in [2.45, 2.75) is 38.5 Å². The molecule has 1 atom stereocenters. The van der Waals surface area contributed by atoms with Gasteiger partial charge in [0.2, 0.25) is 0 Å². The van der Waals surface area contributed by atoms with E-state index >= 15 is 0 Å². The summed E-state index contributed by atoms with van der Waals surface area (Å²) in [6.07, 6.45) is 3.34. The highest BCUT2D eigenvalue weighted by Crippen LogP contribution is 2.30. The number of rotatable bonds is 5. The van der Waals surface area contributed by atoms with Gasteiger partial charge in [0.05, 0.1) is 6.10 Å². The molecule has 3 rings (SSSR count). The van der Waals surface area contributed by atoms with E-state index in [-0.39, 0.29) is 18.0 Å². The van der Waals surface area contributed by atoms with Crippen LogP contribution in [0.5, 0.6) is 0 Å². The summed E-state index contributed by atoms with van der Waals surface area (Å²) in [6, 6.07) is 9.16. The van der Waals surface area contributed by atoms with Crippen LogP contribution in [0.3, 0.4) is 0 Å². The van der Waals surface area contributed by atoms with Crippen LogP contribution in [0.4, 0.5) is 10.1 Å². The third-order valence-corrected chi connectivity index (χ3v) is 4.90. The molecule has 1 aliphatic rings. The van der Waals surface area contributed by atoms with E-state index in [9.17, 15) is 9.50 Å². The Labute approximate surface area is 142 Å². The summed E-state index contributed by atoms with van der Waals surface area (Å²) in [4.78, 5) is 2.25. The molecule has 1 saturated heterocycles. The van der Waals surface area contributed by atoms with Gasteiger partial charge in [0, 0.05) is 50.3 Å². The lowest BCUT2D eigenvalue weighted by Gasteiger charge is -2.34. The van der Waals surface area contributed by atoms with Crippen LogP contribution in [-0.4, -0.2) is 28.9 Å². The fourth-order valence-corrected chi connectivity index (χ4v) is 3.31. The number of hydrogen-bond acceptors (Lipinski definition) is 3. The van der Waals surface area contributed by atoms with Gasteiger partial charge in [-0.1, -0.05) is 0 Å². The van der Waals surface area contributed by atoms with Crippen LogP contribution in [-0.2, 0) is 13.6 Å². The van der Waals surface area contributed by atoms with E-state index in [1.165, 1.54) is 11.8 Å². The molecule has 4 nitrogen and oxygen atoms in total. The standard InChI is InChI=1S/C19H26FN3O/c1-14(21-13-16-4-3-9-22(16)2)18-12-15(20)5-6-19(18)23-10-7-17(24)8-11-23/h3-6,9,12,14,17,21,24H,7-8,10-11,13H2,1-2H3. The van der Waals surface area contributed by atoms with Gasteiger partial charge in [0.25, 0.3) is 0 Å². The molecule has 0 amide bonds. The molecule has 0 bridgehead atoms. The summed E-state index contributed by atoms with van der Waals surface area (Å²) < 4.78 is 15.9. The molecule has 130 valence electrons. The van der Waals surface area contributed by atoms with E-state index in [1.54, 1.807) is 6.07 Å². The van der Waals surface area contributed by atoms with E-state index in [0.717, 1.165) is 43.7 Å². The largest absolute Gasteiger partial charge is 0.393 e. The van der Waals surface area contributed by atoms with Gasteiger partial charge < -0.3 is 19.9 Å². The molecule has 5 heteroatoms. The number of nitrogens with one attached hydrogen (secondary N) is 1. The minimum atomic E-state index is -0.210. The quantitative estimate of drug-likeness (QED) is 0.885. The van der Waals surface area contributed by atoms with Gasteiger partial charge in [-0.2, -0.15) is 0 Å². The smallest absolute Gasteiger partial charge is 0.123 e. The number of aliphatic hydroxyl groups is 1. The maximum absolute atomic E-state index is 13.8. The Kier molecular flexibility index (Phi) is 5.21. The lowest BCUT2D eigenvalue weighted by Crippen LogP contribution is -2.37. The Morgan fingerprint density at radius 1 is 1.29 bits per heavy atom. The third kappa shape index (κ3) is 3.79. The van der Waals surface area contributed by atoms with Crippen LogP contribution in [0.15, 0.2) is 36.5 Å². The maximum atomic E-state index is 13.8. The van der Waals surface area contributed by atoms with Crippen molar-refractivity contribution in [1.82, 2.24) is 9.88 Å². The second-order valence-electron chi connectivity index (χ2n) is 6.63. The molecule has 0 aliphatic carbocycles. The van der Waals surface area contributed by atoms with Crippen molar-refractivity contribution in [3.05, 3.63) is 53.6 Å². The van der Waals surface area contributed by atoms with Crippen molar-refractivity contribution in [2.24, 2.45) is 7.05 Å². The Balaban J connectivity index is 1.75. The molecule has 1 fully saturated rings. The number of aromatic nitrogens is 1. The van der Waals surface area contributed by atoms with Gasteiger partial charge in [-0.3, -0.25) is 0 Å². The van der Waals surface area contributed by atoms with Crippen molar-refractivity contribution in [3.63, 3.8) is 0 Å². The van der Waals surface area contributed by atoms with Crippen molar-refractivity contribution >= 4 is 5.69 Å². The van der Waals surface area contributed by atoms with E-state index in [2.05, 4.69) is 27.8 Å². The zero-order valence-corrected chi connectivity index (χ0v) is 14.4. The summed E-state index contributed by atoms with van der Waals surface area (Å²) in [5, 5.41) is 13.2. The van der Waals surface area contributed by atoms with Crippen LogP contribution in [0, 0.1) is 5.82 Å². The minimum Gasteiger partial charge on any atom is -0.393 e. The number of hydrogen-bond donors (Lipinski definition) is 2. The van der Waals surface area contributed by atoms with E-state index in [1.807, 2.05) is 25.4 Å². The molecule has 0 saturated carbocycles. The van der Waals surface area contributed by atoms with Crippen molar-refractivity contribution in [2.75, 3.05) is 18.0 Å². The van der Waals surface area contributed by atoms with Crippen molar-refractivity contribution < 1.29 is 9.50 Å². The molecule has 1 unspecified atom stereocenters. The van der Waals surface area contributed by atoms with Gasteiger partial charge in [-0.25, -0.2) is 4.39 Å². The SMILES string of the molecule is CC(NCc1cccn1C)c1cc(F)ccc1N1CCC(O)CC1. The van der Waals surface area contributed by atoms with E-state index in [0.29, 0.717) is 0 Å². The summed E-state index contributed by atoms with van der Waals surface area (Å²) >= 11 is 0. The first-order valence-electron chi connectivity index (χ1n) is 8.60. The molecule has 1 aromatic heterocycles. The number of aliphatic hydroxyl groups excluding tert-OH is 1. The summed E-state index contributed by atoms with van der Waals surface area (Å²) in [6.45, 7) is 4.42. The van der Waals surface area contributed by atoms with Gasteiger partial charge in [0.15, 0.2) is 0 Å². The number of piperidine rings is 1. The topological polar surface area (TPSA) is 40.4 Å². The average molecular weight is 331 g/mol. The van der Waals surface area contributed by atoms with Crippen LogP contribution in [0.2, 0.25) is 0 Å². The van der Waals surface area contributed by atoms with Crippen LogP contribution in [0.25, 0.3) is 0 Å². The lowest BCUT2D eigenvalue weighted by atomic mass is 10.0. The maximum Gasteiger partial charge on any atom is 0.123 e. The Morgan fingerprint density at radius 3 is 2.71 bits per heavy atom. The van der Waals surface area contributed by atoms with Crippen LogP contribution in [0.1, 0.15) is 37.1 Å². The zero-order chi connectivity index (χ0) is 17.1. The molecule has 2 heterocycles. The number of benzene rings is 1. The number of anilines is 1. The number of halogens is 1. The second-order valence-corrected chi connectivity index (χ2v) is 6.63. The predicted molar refractivity (Wildman–Crippen MR) is 94.5 cm³/mol. The molecule has 2 N–H and O–H groups in total. The van der Waals surface area contributed by atoms with Crippen LogP contribution >= 0.6 is 0 Å². The monoisotopic (exact) mass is 331 g/mol. The normalized spacial score (nSPS) is 17.2. The van der Waals surface area contributed by atoms with Crippen molar-refractivity contribution in [3.8, 4) is 0 Å². The molecular weight excluding hydrogens is 305 g/mol. The molecule has 1 aliphatic heterocycles. The van der Waals surface area contributed by atoms with Gasteiger partial charge in [0.1, 0.15) is 5.82 Å². The molecule has 24 heavy (non-hydrogen) atoms. The predicted octanol–water partition coefficient (Wildman–Crippen LogP) is 2.98. The first kappa shape index (κ1) is 17.0. The molecule has 0 spiro atoms. The van der Waals surface area contributed by atoms with E-state index < -0.39 is 0 Å². The molecule has 2 aromatic rings. The lowest BCUT2D eigenvalue weighted by molar-refractivity contribution is 0.145. The highest BCUT2D eigenvalue weighted by molar-refractivity contribution is 5.55. The highest BCUT2D eigenvalue weighted by Gasteiger charge is 2.21. The first-order valence-corrected chi connectivity index (χ1v) is 8.60. The van der Waals surface area contributed by atoms with E-state index in [4.69, 9.17) is 0 Å². The summed E-state index contributed by atoms with van der Waals surface area (Å²) in [7, 11) is 2.02. The Hall–Kier alpha value is -1.85. The van der Waals surface area contributed by atoms with Gasteiger partial charge >= 0.3 is 0 Å². The number of aryl methyl sites for hydroxylation is 1. The highest BCUT2D eigenvalue weighted by atomic mass is 19.1. The Morgan fingerprint density at radius 2 is 2.04 bits per heavy atom. The molecule has 1 aromatic carbocycles.